The molecule has 1 fully saturated rings. The van der Waals surface area contributed by atoms with Crippen molar-refractivity contribution in [2.45, 2.75) is 46.5 Å². The Balaban J connectivity index is 2.37. The molecule has 3 atom stereocenters. The molecule has 0 aliphatic heterocycles. The number of fused-ring (bicyclic) bond motifs is 1. The number of Topliss-reactive ketones (excluding diaryl/α,β-unsaturated/α-hetero) is 1. The molecular formula is C15H24O2. The number of carbonyl (C=O) groups excluding carboxylic acids is 1. The summed E-state index contributed by atoms with van der Waals surface area (Å²) in [5.41, 5.74) is 0.908. The first kappa shape index (κ1) is 12.8. The van der Waals surface area contributed by atoms with Crippen LogP contribution in [0.2, 0.25) is 0 Å². The van der Waals surface area contributed by atoms with E-state index in [1.165, 1.54) is 0 Å². The quantitative estimate of drug-likeness (QED) is 0.748. The summed E-state index contributed by atoms with van der Waals surface area (Å²) in [7, 11) is 0. The third kappa shape index (κ3) is 2.08. The predicted octanol–water partition coefficient (Wildman–Crippen LogP) is 2.96. The topological polar surface area (TPSA) is 37.3 Å². The molecule has 0 spiro atoms. The number of carbonyl (C=O) groups is 1. The third-order valence-corrected chi connectivity index (χ3v) is 4.98. The molecule has 0 aromatic carbocycles. The van der Waals surface area contributed by atoms with Crippen molar-refractivity contribution in [3.05, 3.63) is 11.6 Å². The standard InChI is InChI=1S/C15H24O2/c1-10(2)12-6-7-15(3)13(12)8-11(9-16)4-5-14(15)17/h8,10,12-13,16H,4-7,9H2,1-3H3/t12-,13-,15+/m0/s1. The lowest BCUT2D eigenvalue weighted by atomic mass is 9.72. The van der Waals surface area contributed by atoms with Crippen molar-refractivity contribution in [3.63, 3.8) is 0 Å². The highest BCUT2D eigenvalue weighted by molar-refractivity contribution is 5.86. The maximum Gasteiger partial charge on any atom is 0.139 e. The van der Waals surface area contributed by atoms with Gasteiger partial charge in [-0.25, -0.2) is 0 Å². The van der Waals surface area contributed by atoms with Crippen LogP contribution in [0.5, 0.6) is 0 Å². The number of aliphatic hydroxyl groups excluding tert-OH is 1. The molecule has 0 amide bonds. The van der Waals surface area contributed by atoms with Crippen molar-refractivity contribution in [2.24, 2.45) is 23.2 Å². The fourth-order valence-corrected chi connectivity index (χ4v) is 3.69. The van der Waals surface area contributed by atoms with Crippen LogP contribution in [0.15, 0.2) is 11.6 Å². The molecule has 2 nitrogen and oxygen atoms in total. The van der Waals surface area contributed by atoms with Gasteiger partial charge in [0.1, 0.15) is 5.78 Å². The second-order valence-electron chi connectivity index (χ2n) is 6.30. The molecule has 17 heavy (non-hydrogen) atoms. The van der Waals surface area contributed by atoms with Crippen LogP contribution in [0, 0.1) is 23.2 Å². The lowest BCUT2D eigenvalue weighted by Crippen LogP contribution is -2.32. The average Bonchev–Trinajstić information content (AvgIpc) is 2.57. The molecule has 1 N–H and O–H groups in total. The van der Waals surface area contributed by atoms with Crippen molar-refractivity contribution in [1.29, 1.82) is 0 Å². The maximum atomic E-state index is 12.3. The van der Waals surface area contributed by atoms with Gasteiger partial charge in [-0.2, -0.15) is 0 Å². The van der Waals surface area contributed by atoms with E-state index < -0.39 is 0 Å². The summed E-state index contributed by atoms with van der Waals surface area (Å²) >= 11 is 0. The second kappa shape index (κ2) is 4.56. The van der Waals surface area contributed by atoms with Gasteiger partial charge in [-0.15, -0.1) is 0 Å². The zero-order valence-electron chi connectivity index (χ0n) is 11.2. The Morgan fingerprint density at radius 3 is 2.76 bits per heavy atom. The van der Waals surface area contributed by atoms with Crippen molar-refractivity contribution >= 4 is 5.78 Å². The number of aliphatic hydroxyl groups is 1. The molecule has 0 aromatic heterocycles. The molecular weight excluding hydrogens is 212 g/mol. The van der Waals surface area contributed by atoms with E-state index in [9.17, 15) is 9.90 Å². The molecule has 0 aromatic rings. The SMILES string of the molecule is CC(C)[C@@H]1CC[C@@]2(C)C(=O)CCC(CO)=C[C@@H]12. The Bertz CT molecular complexity index is 343. The largest absolute Gasteiger partial charge is 0.392 e. The van der Waals surface area contributed by atoms with Crippen molar-refractivity contribution < 1.29 is 9.90 Å². The minimum atomic E-state index is -0.161. The highest BCUT2D eigenvalue weighted by Gasteiger charge is 2.49. The lowest BCUT2D eigenvalue weighted by Gasteiger charge is -2.31. The first-order valence-electron chi connectivity index (χ1n) is 6.82. The van der Waals surface area contributed by atoms with E-state index in [2.05, 4.69) is 26.8 Å². The van der Waals surface area contributed by atoms with Crippen molar-refractivity contribution in [3.8, 4) is 0 Å². The van der Waals surface area contributed by atoms with E-state index in [-0.39, 0.29) is 12.0 Å². The third-order valence-electron chi connectivity index (χ3n) is 4.98. The summed E-state index contributed by atoms with van der Waals surface area (Å²) < 4.78 is 0. The maximum absolute atomic E-state index is 12.3. The Hall–Kier alpha value is -0.630. The van der Waals surface area contributed by atoms with Gasteiger partial charge < -0.3 is 5.11 Å². The van der Waals surface area contributed by atoms with E-state index in [0.29, 0.717) is 30.0 Å². The monoisotopic (exact) mass is 236 g/mol. The summed E-state index contributed by atoms with van der Waals surface area (Å²) in [5, 5.41) is 9.35. The Labute approximate surface area is 104 Å². The molecule has 2 aliphatic rings. The smallest absolute Gasteiger partial charge is 0.139 e. The first-order valence-corrected chi connectivity index (χ1v) is 6.82. The van der Waals surface area contributed by atoms with Crippen LogP contribution in [0.25, 0.3) is 0 Å². The van der Waals surface area contributed by atoms with Crippen LogP contribution in [0.4, 0.5) is 0 Å². The molecule has 0 unspecified atom stereocenters. The number of hydrogen-bond acceptors (Lipinski definition) is 2. The second-order valence-corrected chi connectivity index (χ2v) is 6.30. The van der Waals surface area contributed by atoms with Gasteiger partial charge in [-0.05, 0) is 42.6 Å². The molecule has 0 heterocycles. The summed E-state index contributed by atoms with van der Waals surface area (Å²) in [5.74, 6) is 1.97. The van der Waals surface area contributed by atoms with Gasteiger partial charge in [0.2, 0.25) is 0 Å². The average molecular weight is 236 g/mol. The fourth-order valence-electron chi connectivity index (χ4n) is 3.69. The van der Waals surface area contributed by atoms with Crippen LogP contribution in [-0.4, -0.2) is 17.5 Å². The molecule has 2 aliphatic carbocycles. The van der Waals surface area contributed by atoms with Gasteiger partial charge in [0.05, 0.1) is 6.61 Å². The van der Waals surface area contributed by atoms with Crippen molar-refractivity contribution in [2.75, 3.05) is 6.61 Å². The van der Waals surface area contributed by atoms with Gasteiger partial charge in [-0.1, -0.05) is 26.8 Å². The van der Waals surface area contributed by atoms with E-state index >= 15 is 0 Å². The van der Waals surface area contributed by atoms with Crippen LogP contribution < -0.4 is 0 Å². The molecule has 2 rings (SSSR count). The van der Waals surface area contributed by atoms with E-state index in [4.69, 9.17) is 0 Å². The summed E-state index contributed by atoms with van der Waals surface area (Å²) in [4.78, 5) is 12.3. The van der Waals surface area contributed by atoms with Gasteiger partial charge in [-0.3, -0.25) is 4.79 Å². The van der Waals surface area contributed by atoms with E-state index in [1.807, 2.05) is 0 Å². The van der Waals surface area contributed by atoms with Gasteiger partial charge >= 0.3 is 0 Å². The fraction of sp³-hybridized carbons (Fsp3) is 0.800. The van der Waals surface area contributed by atoms with E-state index in [1.54, 1.807) is 0 Å². The molecule has 0 radical (unpaired) electrons. The molecule has 0 bridgehead atoms. The predicted molar refractivity (Wildman–Crippen MR) is 68.6 cm³/mol. The van der Waals surface area contributed by atoms with Crippen LogP contribution >= 0.6 is 0 Å². The normalized spacial score (nSPS) is 37.9. The van der Waals surface area contributed by atoms with Crippen LogP contribution in [-0.2, 0) is 4.79 Å². The zero-order chi connectivity index (χ0) is 12.6. The minimum absolute atomic E-state index is 0.116. The zero-order valence-corrected chi connectivity index (χ0v) is 11.2. The van der Waals surface area contributed by atoms with Crippen LogP contribution in [0.3, 0.4) is 0 Å². The van der Waals surface area contributed by atoms with Crippen molar-refractivity contribution in [1.82, 2.24) is 0 Å². The van der Waals surface area contributed by atoms with Gasteiger partial charge in [0, 0.05) is 11.8 Å². The molecule has 2 heteroatoms. The number of hydrogen-bond donors (Lipinski definition) is 1. The van der Waals surface area contributed by atoms with E-state index in [0.717, 1.165) is 24.8 Å². The first-order chi connectivity index (χ1) is 7.99. The summed E-state index contributed by atoms with van der Waals surface area (Å²) in [6.45, 7) is 6.75. The van der Waals surface area contributed by atoms with Crippen LogP contribution in [0.1, 0.15) is 46.5 Å². The summed E-state index contributed by atoms with van der Waals surface area (Å²) in [6.07, 6.45) is 5.77. The molecule has 0 saturated heterocycles. The highest BCUT2D eigenvalue weighted by Crippen LogP contribution is 2.53. The molecule has 96 valence electrons. The minimum Gasteiger partial charge on any atom is -0.392 e. The Morgan fingerprint density at radius 2 is 2.18 bits per heavy atom. The number of rotatable bonds is 2. The van der Waals surface area contributed by atoms with Gasteiger partial charge in [0.25, 0.3) is 0 Å². The number of ketones is 1. The molecule has 1 saturated carbocycles. The Kier molecular flexibility index (Phi) is 3.44. The summed E-state index contributed by atoms with van der Waals surface area (Å²) in [6, 6.07) is 0. The highest BCUT2D eigenvalue weighted by atomic mass is 16.3. The van der Waals surface area contributed by atoms with Gasteiger partial charge in [0.15, 0.2) is 0 Å². The number of allylic oxidation sites excluding steroid dienone is 1. The Morgan fingerprint density at radius 1 is 1.47 bits per heavy atom. The lowest BCUT2D eigenvalue weighted by molar-refractivity contribution is -0.129.